The third-order valence-electron chi connectivity index (χ3n) is 4.81. The lowest BCUT2D eigenvalue weighted by Crippen LogP contribution is -2.38. The van der Waals surface area contributed by atoms with Crippen LogP contribution in [0.25, 0.3) is 0 Å². The van der Waals surface area contributed by atoms with E-state index >= 15 is 0 Å². The van der Waals surface area contributed by atoms with Gasteiger partial charge in [-0.15, -0.1) is 0 Å². The molecule has 0 radical (unpaired) electrons. The SMILES string of the molecule is COc1cccc(N2C(=NC(=O)[C@H]3CCCO3)S[C@H]3CS(=O)(=O)C[C@@H]32)c1. The van der Waals surface area contributed by atoms with E-state index in [0.29, 0.717) is 23.9 Å². The third-order valence-corrected chi connectivity index (χ3v) is 8.02. The Hall–Kier alpha value is -1.58. The van der Waals surface area contributed by atoms with Gasteiger partial charge in [-0.05, 0) is 25.0 Å². The van der Waals surface area contributed by atoms with Gasteiger partial charge in [-0.3, -0.25) is 4.79 Å². The Morgan fingerprint density at radius 3 is 2.96 bits per heavy atom. The summed E-state index contributed by atoms with van der Waals surface area (Å²) in [7, 11) is -1.51. The van der Waals surface area contributed by atoms with Gasteiger partial charge in [-0.1, -0.05) is 17.8 Å². The number of aliphatic imine (C=N–C) groups is 1. The Balaban J connectivity index is 1.69. The molecule has 3 fully saturated rings. The molecule has 9 heteroatoms. The number of methoxy groups -OCH3 is 1. The molecule has 7 nitrogen and oxygen atoms in total. The van der Waals surface area contributed by atoms with Gasteiger partial charge >= 0.3 is 0 Å². The monoisotopic (exact) mass is 396 g/mol. The zero-order valence-electron chi connectivity index (χ0n) is 14.3. The lowest BCUT2D eigenvalue weighted by atomic mass is 10.2. The van der Waals surface area contributed by atoms with Gasteiger partial charge in [0.2, 0.25) is 0 Å². The molecule has 3 atom stereocenters. The second-order valence-corrected chi connectivity index (χ2v) is 9.97. The highest BCUT2D eigenvalue weighted by Gasteiger charge is 2.49. The van der Waals surface area contributed by atoms with Crippen molar-refractivity contribution in [2.24, 2.45) is 4.99 Å². The van der Waals surface area contributed by atoms with Gasteiger partial charge in [0.15, 0.2) is 15.0 Å². The van der Waals surface area contributed by atoms with Crippen molar-refractivity contribution in [3.05, 3.63) is 24.3 Å². The highest BCUT2D eigenvalue weighted by molar-refractivity contribution is 8.16. The van der Waals surface area contributed by atoms with Crippen LogP contribution in [0.15, 0.2) is 29.3 Å². The van der Waals surface area contributed by atoms with E-state index in [0.717, 1.165) is 12.1 Å². The van der Waals surface area contributed by atoms with E-state index in [9.17, 15) is 13.2 Å². The molecular formula is C17H20N2O5S2. The van der Waals surface area contributed by atoms with E-state index < -0.39 is 15.9 Å². The number of ether oxygens (including phenoxy) is 2. The van der Waals surface area contributed by atoms with Crippen molar-refractivity contribution in [3.63, 3.8) is 0 Å². The van der Waals surface area contributed by atoms with Gasteiger partial charge in [-0.25, -0.2) is 8.42 Å². The fourth-order valence-electron chi connectivity index (χ4n) is 3.57. The number of rotatable bonds is 3. The van der Waals surface area contributed by atoms with Crippen LogP contribution in [0.4, 0.5) is 5.69 Å². The number of hydrogen-bond acceptors (Lipinski definition) is 6. The highest BCUT2D eigenvalue weighted by Crippen LogP contribution is 2.41. The van der Waals surface area contributed by atoms with Gasteiger partial charge in [0.05, 0.1) is 24.7 Å². The summed E-state index contributed by atoms with van der Waals surface area (Å²) in [5.41, 5.74) is 0.778. The van der Waals surface area contributed by atoms with Crippen LogP contribution in [-0.4, -0.2) is 62.1 Å². The van der Waals surface area contributed by atoms with E-state index in [1.54, 1.807) is 7.11 Å². The predicted octanol–water partition coefficient (Wildman–Crippen LogP) is 1.48. The summed E-state index contributed by atoms with van der Waals surface area (Å²) >= 11 is 1.37. The summed E-state index contributed by atoms with van der Waals surface area (Å²) in [6.07, 6.45) is 1.05. The highest BCUT2D eigenvalue weighted by atomic mass is 32.2. The van der Waals surface area contributed by atoms with Crippen LogP contribution < -0.4 is 9.64 Å². The van der Waals surface area contributed by atoms with Crippen molar-refractivity contribution < 1.29 is 22.7 Å². The maximum absolute atomic E-state index is 12.5. The fraction of sp³-hybridized carbons (Fsp3) is 0.529. The summed E-state index contributed by atoms with van der Waals surface area (Å²) in [5.74, 6) is 0.549. The van der Waals surface area contributed by atoms with E-state index in [4.69, 9.17) is 9.47 Å². The maximum Gasteiger partial charge on any atom is 0.277 e. The minimum Gasteiger partial charge on any atom is -0.497 e. The lowest BCUT2D eigenvalue weighted by molar-refractivity contribution is -0.126. The average Bonchev–Trinajstić information content (AvgIpc) is 3.29. The fourth-order valence-corrected chi connectivity index (χ4v) is 7.48. The number of thioether (sulfide) groups is 1. The molecule has 0 aromatic heterocycles. The number of amidine groups is 1. The molecule has 1 aromatic carbocycles. The zero-order chi connectivity index (χ0) is 18.3. The van der Waals surface area contributed by atoms with Crippen molar-refractivity contribution >= 4 is 38.4 Å². The number of carbonyl (C=O) groups excluding carboxylic acids is 1. The van der Waals surface area contributed by atoms with E-state index in [1.165, 1.54) is 11.8 Å². The van der Waals surface area contributed by atoms with Crippen molar-refractivity contribution in [2.75, 3.05) is 30.1 Å². The number of anilines is 1. The summed E-state index contributed by atoms with van der Waals surface area (Å²) in [6, 6.07) is 7.15. The Morgan fingerprint density at radius 2 is 2.23 bits per heavy atom. The number of carbonyl (C=O) groups is 1. The van der Waals surface area contributed by atoms with Crippen molar-refractivity contribution in [1.29, 1.82) is 0 Å². The van der Waals surface area contributed by atoms with Crippen LogP contribution in [0, 0.1) is 0 Å². The number of fused-ring (bicyclic) bond motifs is 1. The van der Waals surface area contributed by atoms with Crippen LogP contribution in [0.3, 0.4) is 0 Å². The van der Waals surface area contributed by atoms with Crippen molar-refractivity contribution in [1.82, 2.24) is 0 Å². The predicted molar refractivity (Wildman–Crippen MR) is 101 cm³/mol. The molecule has 3 aliphatic heterocycles. The minimum absolute atomic E-state index is 0.0645. The Morgan fingerprint density at radius 1 is 1.38 bits per heavy atom. The smallest absolute Gasteiger partial charge is 0.277 e. The molecule has 0 saturated carbocycles. The quantitative estimate of drug-likeness (QED) is 0.765. The van der Waals surface area contributed by atoms with Crippen LogP contribution in [0.2, 0.25) is 0 Å². The first-order valence-electron chi connectivity index (χ1n) is 8.51. The summed E-state index contributed by atoms with van der Waals surface area (Å²) in [5, 5.41) is 0.422. The molecule has 1 amide bonds. The van der Waals surface area contributed by atoms with E-state index in [2.05, 4.69) is 4.99 Å². The molecule has 140 valence electrons. The molecule has 3 aliphatic rings. The molecule has 3 saturated heterocycles. The molecule has 1 aromatic rings. The number of sulfone groups is 1. The second kappa shape index (κ2) is 6.86. The molecule has 0 bridgehead atoms. The summed E-state index contributed by atoms with van der Waals surface area (Å²) < 4.78 is 34.9. The molecule has 0 aliphatic carbocycles. The number of amides is 1. The Kier molecular flexibility index (Phi) is 4.70. The second-order valence-electron chi connectivity index (χ2n) is 6.61. The van der Waals surface area contributed by atoms with Crippen molar-refractivity contribution in [3.8, 4) is 5.75 Å². The maximum atomic E-state index is 12.5. The van der Waals surface area contributed by atoms with Gasteiger partial charge in [-0.2, -0.15) is 4.99 Å². The van der Waals surface area contributed by atoms with Crippen LogP contribution in [0.5, 0.6) is 5.75 Å². The number of benzene rings is 1. The first kappa shape index (κ1) is 17.8. The Labute approximate surface area is 156 Å². The normalized spacial score (nSPS) is 31.3. The standard InChI is InChI=1S/C17H20N2O5S2/c1-23-12-5-2-4-11(8-12)19-13-9-26(21,22)10-15(13)25-17(19)18-16(20)14-6-3-7-24-14/h2,4-5,8,13-15H,3,6-7,9-10H2,1H3/t13-,14+,15-/m0/s1. The molecule has 0 N–H and O–H groups in total. The van der Waals surface area contributed by atoms with Crippen LogP contribution in [-0.2, 0) is 19.4 Å². The first-order chi connectivity index (χ1) is 12.5. The Bertz CT molecular complexity index is 848. The topological polar surface area (TPSA) is 85.3 Å². The van der Waals surface area contributed by atoms with Gasteiger partial charge in [0.25, 0.3) is 5.91 Å². The molecule has 26 heavy (non-hydrogen) atoms. The largest absolute Gasteiger partial charge is 0.497 e. The summed E-state index contributed by atoms with van der Waals surface area (Å²) in [6.45, 7) is 0.581. The van der Waals surface area contributed by atoms with Gasteiger partial charge in [0, 0.05) is 23.6 Å². The molecule has 4 rings (SSSR count). The molecular weight excluding hydrogens is 376 g/mol. The van der Waals surface area contributed by atoms with Gasteiger partial charge in [0.1, 0.15) is 11.9 Å². The number of nitrogens with zero attached hydrogens (tertiary/aromatic N) is 2. The number of hydrogen-bond donors (Lipinski definition) is 0. The van der Waals surface area contributed by atoms with Crippen molar-refractivity contribution in [2.45, 2.75) is 30.2 Å². The van der Waals surface area contributed by atoms with Crippen LogP contribution >= 0.6 is 11.8 Å². The molecule has 0 unspecified atom stereocenters. The van der Waals surface area contributed by atoms with Crippen LogP contribution in [0.1, 0.15) is 12.8 Å². The average molecular weight is 396 g/mol. The third kappa shape index (κ3) is 3.35. The zero-order valence-corrected chi connectivity index (χ0v) is 16.0. The van der Waals surface area contributed by atoms with E-state index in [1.807, 2.05) is 29.2 Å². The first-order valence-corrected chi connectivity index (χ1v) is 11.2. The van der Waals surface area contributed by atoms with E-state index in [-0.39, 0.29) is 28.7 Å². The molecule has 3 heterocycles. The minimum atomic E-state index is -3.09. The van der Waals surface area contributed by atoms with Gasteiger partial charge < -0.3 is 14.4 Å². The lowest BCUT2D eigenvalue weighted by Gasteiger charge is -2.25. The molecule has 0 spiro atoms. The summed E-state index contributed by atoms with van der Waals surface area (Å²) in [4.78, 5) is 18.6.